The van der Waals surface area contributed by atoms with Gasteiger partial charge in [-0.05, 0) is 31.0 Å². The number of carbonyl (C=O) groups is 1. The van der Waals surface area contributed by atoms with Gasteiger partial charge in [0.25, 0.3) is 0 Å². The molecule has 1 saturated heterocycles. The summed E-state index contributed by atoms with van der Waals surface area (Å²) in [6.45, 7) is 0.420. The van der Waals surface area contributed by atoms with Gasteiger partial charge < -0.3 is 9.47 Å². The monoisotopic (exact) mass is 454 g/mol. The fourth-order valence-corrected chi connectivity index (χ4v) is 5.70. The third kappa shape index (κ3) is 3.51. The van der Waals surface area contributed by atoms with Crippen LogP contribution in [0.3, 0.4) is 0 Å². The molecule has 10 heteroatoms. The molecule has 7 nitrogen and oxygen atoms in total. The van der Waals surface area contributed by atoms with E-state index in [2.05, 4.69) is 0 Å². The van der Waals surface area contributed by atoms with Gasteiger partial charge in [-0.1, -0.05) is 29.8 Å². The largest absolute Gasteiger partial charge is 0.495 e. The highest BCUT2D eigenvalue weighted by Crippen LogP contribution is 2.39. The van der Waals surface area contributed by atoms with Crippen molar-refractivity contribution in [2.45, 2.75) is 30.4 Å². The second kappa shape index (κ2) is 8.05. The maximum absolute atomic E-state index is 14.3. The van der Waals surface area contributed by atoms with Crippen molar-refractivity contribution in [2.75, 3.05) is 25.1 Å². The molecule has 0 radical (unpaired) electrons. The molecule has 2 aliphatic rings. The molecule has 0 aliphatic carbocycles. The van der Waals surface area contributed by atoms with Crippen LogP contribution in [0, 0.1) is 5.82 Å². The summed E-state index contributed by atoms with van der Waals surface area (Å²) < 4.78 is 52.1. The van der Waals surface area contributed by atoms with Gasteiger partial charge in [-0.25, -0.2) is 17.6 Å². The van der Waals surface area contributed by atoms with E-state index in [1.54, 1.807) is 11.0 Å². The SMILES string of the molecule is COc1cccc2c1N(C1CCN(S(=O)(=O)c3cccc(Cl)c3F)CC1)C(=O)OC2. The van der Waals surface area contributed by atoms with E-state index in [0.29, 0.717) is 24.3 Å². The summed E-state index contributed by atoms with van der Waals surface area (Å²) in [7, 11) is -2.51. The van der Waals surface area contributed by atoms with Crippen LogP contribution in [-0.4, -0.2) is 45.1 Å². The van der Waals surface area contributed by atoms with Crippen LogP contribution in [0.25, 0.3) is 0 Å². The van der Waals surface area contributed by atoms with Gasteiger partial charge in [0, 0.05) is 24.7 Å². The van der Waals surface area contributed by atoms with Crippen molar-refractivity contribution >= 4 is 33.4 Å². The van der Waals surface area contributed by atoms with E-state index in [4.69, 9.17) is 21.1 Å². The predicted molar refractivity (Wildman–Crippen MR) is 109 cm³/mol. The van der Waals surface area contributed by atoms with Crippen LogP contribution >= 0.6 is 11.6 Å². The molecule has 160 valence electrons. The number of sulfonamides is 1. The number of para-hydroxylation sites is 1. The van der Waals surface area contributed by atoms with Crippen LogP contribution in [0.4, 0.5) is 14.9 Å². The Hall–Kier alpha value is -2.36. The molecule has 2 aliphatic heterocycles. The number of rotatable bonds is 4. The van der Waals surface area contributed by atoms with Crippen LogP contribution in [0.15, 0.2) is 41.3 Å². The van der Waals surface area contributed by atoms with Gasteiger partial charge in [0.15, 0.2) is 5.82 Å². The lowest BCUT2D eigenvalue weighted by atomic mass is 10.0. The lowest BCUT2D eigenvalue weighted by Gasteiger charge is -2.40. The molecular weight excluding hydrogens is 435 g/mol. The predicted octanol–water partition coefficient (Wildman–Crippen LogP) is 3.80. The lowest BCUT2D eigenvalue weighted by Crippen LogP contribution is -2.50. The number of benzene rings is 2. The first-order chi connectivity index (χ1) is 14.3. The van der Waals surface area contributed by atoms with Crippen molar-refractivity contribution in [3.8, 4) is 5.75 Å². The molecule has 0 spiro atoms. The summed E-state index contributed by atoms with van der Waals surface area (Å²) in [5.41, 5.74) is 1.48. The molecule has 0 unspecified atom stereocenters. The second-order valence-electron chi connectivity index (χ2n) is 7.08. The van der Waals surface area contributed by atoms with E-state index >= 15 is 0 Å². The smallest absolute Gasteiger partial charge is 0.415 e. The maximum atomic E-state index is 14.3. The van der Waals surface area contributed by atoms with Crippen LogP contribution in [-0.2, 0) is 21.4 Å². The Morgan fingerprint density at radius 1 is 1.17 bits per heavy atom. The summed E-state index contributed by atoms with van der Waals surface area (Å²) in [6.07, 6.45) is 0.247. The number of hydrogen-bond acceptors (Lipinski definition) is 5. The summed E-state index contributed by atoms with van der Waals surface area (Å²) in [4.78, 5) is 13.7. The average Bonchev–Trinajstić information content (AvgIpc) is 2.75. The molecule has 2 aromatic carbocycles. The number of nitrogens with zero attached hydrogens (tertiary/aromatic N) is 2. The molecule has 2 heterocycles. The van der Waals surface area contributed by atoms with Crippen LogP contribution in [0.2, 0.25) is 5.02 Å². The topological polar surface area (TPSA) is 76.2 Å². The number of methoxy groups -OCH3 is 1. The number of halogens is 2. The highest BCUT2D eigenvalue weighted by atomic mass is 35.5. The van der Waals surface area contributed by atoms with Gasteiger partial charge in [0.2, 0.25) is 10.0 Å². The number of fused-ring (bicyclic) bond motifs is 1. The van der Waals surface area contributed by atoms with Gasteiger partial charge in [0.05, 0.1) is 17.8 Å². The van der Waals surface area contributed by atoms with E-state index in [0.717, 1.165) is 5.56 Å². The molecule has 30 heavy (non-hydrogen) atoms. The molecular formula is C20H20ClFN2O5S. The number of carbonyl (C=O) groups excluding carboxylic acids is 1. The Kier molecular flexibility index (Phi) is 5.61. The zero-order valence-corrected chi connectivity index (χ0v) is 17.7. The van der Waals surface area contributed by atoms with E-state index in [1.807, 2.05) is 12.1 Å². The number of ether oxygens (including phenoxy) is 2. The summed E-state index contributed by atoms with van der Waals surface area (Å²) in [5, 5.41) is -0.245. The van der Waals surface area contributed by atoms with E-state index in [-0.39, 0.29) is 30.8 Å². The Labute approximate surface area is 179 Å². The minimum Gasteiger partial charge on any atom is -0.495 e. The fraction of sp³-hybridized carbons (Fsp3) is 0.350. The van der Waals surface area contributed by atoms with E-state index < -0.39 is 26.8 Å². The highest BCUT2D eigenvalue weighted by Gasteiger charge is 2.39. The first-order valence-electron chi connectivity index (χ1n) is 9.40. The summed E-state index contributed by atoms with van der Waals surface area (Å²) >= 11 is 5.75. The van der Waals surface area contributed by atoms with E-state index in [1.165, 1.54) is 29.6 Å². The minimum atomic E-state index is -4.04. The maximum Gasteiger partial charge on any atom is 0.415 e. The summed E-state index contributed by atoms with van der Waals surface area (Å²) in [5.74, 6) is -0.403. The van der Waals surface area contributed by atoms with Crippen molar-refractivity contribution in [1.29, 1.82) is 0 Å². The van der Waals surface area contributed by atoms with E-state index in [9.17, 15) is 17.6 Å². The standard InChI is InChI=1S/C20H20ClFN2O5S/c1-28-16-6-2-4-13-12-29-20(25)24(19(13)16)14-8-10-23(11-9-14)30(26,27)17-7-3-5-15(21)18(17)22/h2-7,14H,8-12H2,1H3. The average molecular weight is 455 g/mol. The van der Waals surface area contributed by atoms with Crippen LogP contribution in [0.5, 0.6) is 5.75 Å². The zero-order chi connectivity index (χ0) is 21.5. The fourth-order valence-electron chi connectivity index (χ4n) is 3.92. The molecule has 0 N–H and O–H groups in total. The highest BCUT2D eigenvalue weighted by molar-refractivity contribution is 7.89. The Bertz CT molecular complexity index is 1070. The number of piperidine rings is 1. The quantitative estimate of drug-likeness (QED) is 0.702. The van der Waals surface area contributed by atoms with Crippen molar-refractivity contribution in [3.63, 3.8) is 0 Å². The molecule has 0 aromatic heterocycles. The van der Waals surface area contributed by atoms with Crippen molar-refractivity contribution in [3.05, 3.63) is 52.8 Å². The minimum absolute atomic E-state index is 0.132. The molecule has 4 rings (SSSR count). The van der Waals surface area contributed by atoms with Crippen LogP contribution < -0.4 is 9.64 Å². The Morgan fingerprint density at radius 2 is 1.87 bits per heavy atom. The van der Waals surface area contributed by atoms with Crippen molar-refractivity contribution < 1.29 is 27.1 Å². The Balaban J connectivity index is 1.57. The van der Waals surface area contributed by atoms with Gasteiger partial charge in [-0.2, -0.15) is 4.31 Å². The van der Waals surface area contributed by atoms with Gasteiger partial charge in [-0.3, -0.25) is 4.90 Å². The van der Waals surface area contributed by atoms with Gasteiger partial charge >= 0.3 is 6.09 Å². The number of anilines is 1. The molecule has 1 amide bonds. The van der Waals surface area contributed by atoms with Gasteiger partial charge in [0.1, 0.15) is 17.3 Å². The summed E-state index contributed by atoms with van der Waals surface area (Å²) in [6, 6.07) is 9.08. The van der Waals surface area contributed by atoms with Crippen LogP contribution in [0.1, 0.15) is 18.4 Å². The molecule has 2 aromatic rings. The lowest BCUT2D eigenvalue weighted by molar-refractivity contribution is 0.135. The third-order valence-corrected chi connectivity index (χ3v) is 7.62. The van der Waals surface area contributed by atoms with Crippen molar-refractivity contribution in [2.24, 2.45) is 0 Å². The van der Waals surface area contributed by atoms with Crippen molar-refractivity contribution in [1.82, 2.24) is 4.31 Å². The second-order valence-corrected chi connectivity index (χ2v) is 9.39. The number of hydrogen-bond donors (Lipinski definition) is 0. The normalized spacial score (nSPS) is 18.1. The first kappa shape index (κ1) is 20.9. The Morgan fingerprint density at radius 3 is 2.57 bits per heavy atom. The third-order valence-electron chi connectivity index (χ3n) is 5.41. The van der Waals surface area contributed by atoms with Gasteiger partial charge in [-0.15, -0.1) is 0 Å². The number of amides is 1. The number of cyclic esters (lactones) is 1. The molecule has 0 atom stereocenters. The molecule has 0 saturated carbocycles. The molecule has 0 bridgehead atoms. The zero-order valence-electron chi connectivity index (χ0n) is 16.2. The first-order valence-corrected chi connectivity index (χ1v) is 11.2. The molecule has 1 fully saturated rings.